The molecule has 2 heterocycles. The normalized spacial score (nSPS) is 12.3. The topological polar surface area (TPSA) is 37.8 Å². The van der Waals surface area contributed by atoms with Crippen molar-refractivity contribution in [3.8, 4) is 12.3 Å². The minimum absolute atomic E-state index is 0.0306. The summed E-state index contributed by atoms with van der Waals surface area (Å²) < 4.78 is 0. The van der Waals surface area contributed by atoms with Crippen LogP contribution in [0.15, 0.2) is 17.8 Å². The van der Waals surface area contributed by atoms with E-state index in [0.29, 0.717) is 0 Å². The second-order valence-electron chi connectivity index (χ2n) is 3.13. The summed E-state index contributed by atoms with van der Waals surface area (Å²) in [7, 11) is 0. The van der Waals surface area contributed by atoms with Crippen LogP contribution in [-0.2, 0) is 0 Å². The third-order valence-corrected chi connectivity index (χ3v) is 3.00. The fourth-order valence-electron chi connectivity index (χ4n) is 1.33. The summed E-state index contributed by atoms with van der Waals surface area (Å²) in [6, 6.07) is 2.04. The predicted octanol–water partition coefficient (Wildman–Crippen LogP) is 2.52. The highest BCUT2D eigenvalue weighted by Gasteiger charge is 2.07. The Morgan fingerprint density at radius 2 is 2.47 bits per heavy atom. The molecule has 1 atom stereocenters. The van der Waals surface area contributed by atoms with Crippen molar-refractivity contribution in [1.82, 2.24) is 9.97 Å². The molecule has 0 bridgehead atoms. The van der Waals surface area contributed by atoms with Gasteiger partial charge in [0.25, 0.3) is 0 Å². The van der Waals surface area contributed by atoms with Crippen molar-refractivity contribution >= 4 is 27.4 Å². The number of thiophene rings is 1. The Balaban J connectivity index is 2.35. The van der Waals surface area contributed by atoms with E-state index in [1.807, 2.05) is 18.4 Å². The molecule has 0 radical (unpaired) electrons. The molecule has 0 spiro atoms. The Hall–Kier alpha value is -1.60. The number of nitrogens with one attached hydrogen (secondary N) is 1. The first-order chi connectivity index (χ1) is 7.35. The fraction of sp³-hybridized carbons (Fsp3) is 0.273. The Kier molecular flexibility index (Phi) is 2.84. The lowest BCUT2D eigenvalue weighted by atomic mass is 10.2. The highest BCUT2D eigenvalue weighted by molar-refractivity contribution is 7.16. The highest BCUT2D eigenvalue weighted by Crippen LogP contribution is 2.24. The minimum Gasteiger partial charge on any atom is -0.356 e. The lowest BCUT2D eigenvalue weighted by Crippen LogP contribution is -2.16. The largest absolute Gasteiger partial charge is 0.356 e. The Labute approximate surface area is 92.6 Å². The quantitative estimate of drug-likeness (QED) is 0.803. The van der Waals surface area contributed by atoms with Gasteiger partial charge in [-0.05, 0) is 17.9 Å². The molecule has 2 aromatic rings. The van der Waals surface area contributed by atoms with Gasteiger partial charge in [-0.15, -0.1) is 17.8 Å². The summed E-state index contributed by atoms with van der Waals surface area (Å²) in [5.41, 5.74) is 0. The van der Waals surface area contributed by atoms with Gasteiger partial charge in [0.15, 0.2) is 0 Å². The van der Waals surface area contributed by atoms with Crippen molar-refractivity contribution in [2.45, 2.75) is 19.4 Å². The molecular weight excluding hydrogens is 206 g/mol. The summed E-state index contributed by atoms with van der Waals surface area (Å²) in [5.74, 6) is 3.51. The molecule has 15 heavy (non-hydrogen) atoms. The van der Waals surface area contributed by atoms with Gasteiger partial charge in [0.05, 0.1) is 11.4 Å². The molecule has 1 unspecified atom stereocenters. The molecular formula is C11H11N3S. The second kappa shape index (κ2) is 4.28. The lowest BCUT2D eigenvalue weighted by molar-refractivity contribution is 0.852. The minimum atomic E-state index is 0.0306. The SMILES string of the molecule is C#CC(CC)Nc1ncnc2sccc12. The maximum atomic E-state index is 5.40. The lowest BCUT2D eigenvalue weighted by Gasteiger charge is -2.11. The van der Waals surface area contributed by atoms with Crippen molar-refractivity contribution in [1.29, 1.82) is 0 Å². The average molecular weight is 217 g/mol. The van der Waals surface area contributed by atoms with Gasteiger partial charge < -0.3 is 5.32 Å². The molecule has 0 aliphatic carbocycles. The second-order valence-corrected chi connectivity index (χ2v) is 4.03. The molecule has 0 aliphatic rings. The standard InChI is InChI=1S/C11H11N3S/c1-3-8(4-2)14-10-9-5-6-15-11(9)13-7-12-10/h1,5-8H,4H2,2H3,(H,12,13,14). The summed E-state index contributed by atoms with van der Waals surface area (Å²) in [4.78, 5) is 9.37. The van der Waals surface area contributed by atoms with Crippen LogP contribution in [0, 0.1) is 12.3 Å². The zero-order valence-corrected chi connectivity index (χ0v) is 9.21. The third kappa shape index (κ3) is 1.92. The molecule has 0 saturated carbocycles. The molecule has 2 aromatic heterocycles. The van der Waals surface area contributed by atoms with Crippen LogP contribution < -0.4 is 5.32 Å². The van der Waals surface area contributed by atoms with Gasteiger partial charge in [0.2, 0.25) is 0 Å². The van der Waals surface area contributed by atoms with Gasteiger partial charge in [-0.2, -0.15) is 0 Å². The molecule has 0 aromatic carbocycles. The summed E-state index contributed by atoms with van der Waals surface area (Å²) in [5, 5.41) is 6.27. The van der Waals surface area contributed by atoms with Gasteiger partial charge in [0.1, 0.15) is 17.0 Å². The number of hydrogen-bond donors (Lipinski definition) is 1. The molecule has 76 valence electrons. The number of hydrogen-bond acceptors (Lipinski definition) is 4. The highest BCUT2D eigenvalue weighted by atomic mass is 32.1. The van der Waals surface area contributed by atoms with Crippen LogP contribution in [-0.4, -0.2) is 16.0 Å². The van der Waals surface area contributed by atoms with Crippen LogP contribution in [0.3, 0.4) is 0 Å². The molecule has 0 fully saturated rings. The van der Waals surface area contributed by atoms with E-state index in [2.05, 4.69) is 21.2 Å². The Bertz CT molecular complexity index is 498. The van der Waals surface area contributed by atoms with E-state index in [1.165, 1.54) is 0 Å². The Morgan fingerprint density at radius 1 is 1.60 bits per heavy atom. The molecule has 2 rings (SSSR count). The zero-order valence-electron chi connectivity index (χ0n) is 8.40. The Morgan fingerprint density at radius 3 is 3.20 bits per heavy atom. The fourth-order valence-corrected chi connectivity index (χ4v) is 2.06. The van der Waals surface area contributed by atoms with E-state index < -0.39 is 0 Å². The number of nitrogens with zero attached hydrogens (tertiary/aromatic N) is 2. The van der Waals surface area contributed by atoms with Crippen LogP contribution >= 0.6 is 11.3 Å². The van der Waals surface area contributed by atoms with Gasteiger partial charge in [-0.25, -0.2) is 9.97 Å². The van der Waals surface area contributed by atoms with Crippen LogP contribution in [0.2, 0.25) is 0 Å². The number of terminal acetylenes is 1. The van der Waals surface area contributed by atoms with Crippen molar-refractivity contribution < 1.29 is 0 Å². The predicted molar refractivity (Wildman–Crippen MR) is 63.9 cm³/mol. The zero-order chi connectivity index (χ0) is 10.7. The maximum absolute atomic E-state index is 5.40. The van der Waals surface area contributed by atoms with Crippen molar-refractivity contribution in [2.75, 3.05) is 5.32 Å². The molecule has 1 N–H and O–H groups in total. The first-order valence-corrected chi connectivity index (χ1v) is 5.64. The van der Waals surface area contributed by atoms with E-state index in [-0.39, 0.29) is 6.04 Å². The molecule has 4 heteroatoms. The molecule has 0 aliphatic heterocycles. The van der Waals surface area contributed by atoms with Gasteiger partial charge in [0, 0.05) is 0 Å². The first kappa shape index (κ1) is 9.94. The number of fused-ring (bicyclic) bond motifs is 1. The van der Waals surface area contributed by atoms with Gasteiger partial charge in [-0.3, -0.25) is 0 Å². The summed E-state index contributed by atoms with van der Waals surface area (Å²) in [6.45, 7) is 2.05. The van der Waals surface area contributed by atoms with Crippen LogP contribution in [0.5, 0.6) is 0 Å². The first-order valence-electron chi connectivity index (χ1n) is 4.76. The van der Waals surface area contributed by atoms with E-state index in [4.69, 9.17) is 6.42 Å². The van der Waals surface area contributed by atoms with Crippen molar-refractivity contribution in [2.24, 2.45) is 0 Å². The molecule has 0 saturated heterocycles. The average Bonchev–Trinajstić information content (AvgIpc) is 2.74. The van der Waals surface area contributed by atoms with E-state index in [9.17, 15) is 0 Å². The van der Waals surface area contributed by atoms with Crippen molar-refractivity contribution in [3.63, 3.8) is 0 Å². The van der Waals surface area contributed by atoms with E-state index in [1.54, 1.807) is 17.7 Å². The van der Waals surface area contributed by atoms with Crippen LogP contribution in [0.1, 0.15) is 13.3 Å². The van der Waals surface area contributed by atoms with Crippen molar-refractivity contribution in [3.05, 3.63) is 17.8 Å². The monoisotopic (exact) mass is 217 g/mol. The molecule has 3 nitrogen and oxygen atoms in total. The van der Waals surface area contributed by atoms with Crippen LogP contribution in [0.4, 0.5) is 5.82 Å². The number of rotatable bonds is 3. The maximum Gasteiger partial charge on any atom is 0.139 e. The number of anilines is 1. The van der Waals surface area contributed by atoms with E-state index >= 15 is 0 Å². The summed E-state index contributed by atoms with van der Waals surface area (Å²) in [6.07, 6.45) is 7.84. The summed E-state index contributed by atoms with van der Waals surface area (Å²) >= 11 is 1.60. The number of aromatic nitrogens is 2. The van der Waals surface area contributed by atoms with Gasteiger partial charge in [-0.1, -0.05) is 12.8 Å². The van der Waals surface area contributed by atoms with Crippen LogP contribution in [0.25, 0.3) is 10.2 Å². The van der Waals surface area contributed by atoms with Gasteiger partial charge >= 0.3 is 0 Å². The molecule has 0 amide bonds. The third-order valence-electron chi connectivity index (χ3n) is 2.18. The smallest absolute Gasteiger partial charge is 0.139 e. The van der Waals surface area contributed by atoms with E-state index in [0.717, 1.165) is 22.5 Å².